The minimum Gasteiger partial charge on any atom is -0.509 e. The highest BCUT2D eigenvalue weighted by Crippen LogP contribution is 2.31. The molecule has 1 unspecified atom stereocenters. The zero-order valence-corrected chi connectivity index (χ0v) is 12.4. The van der Waals surface area contributed by atoms with Crippen LogP contribution in [0.25, 0.3) is 0 Å². The van der Waals surface area contributed by atoms with Crippen molar-refractivity contribution in [2.75, 3.05) is 0 Å². The van der Waals surface area contributed by atoms with Crippen LogP contribution in [0.1, 0.15) is 0 Å². The molecule has 106 valence electrons. The summed E-state index contributed by atoms with van der Waals surface area (Å²) in [5, 5.41) is 18.7. The van der Waals surface area contributed by atoms with Gasteiger partial charge in [-0.1, -0.05) is 24.8 Å². The van der Waals surface area contributed by atoms with Crippen molar-refractivity contribution in [1.82, 2.24) is 0 Å². The SMILES string of the molecule is C=C(O)/C=C\C(=C)[S+](c1ccccc1)c1ccc(O)cc1. The normalized spacial score (nSPS) is 12.2. The molecule has 0 saturated heterocycles. The summed E-state index contributed by atoms with van der Waals surface area (Å²) in [5.41, 5.74) is 0. The summed E-state index contributed by atoms with van der Waals surface area (Å²) in [7, 11) is -0.365. The molecule has 2 aromatic carbocycles. The molecule has 2 aromatic rings. The van der Waals surface area contributed by atoms with Gasteiger partial charge in [-0.2, -0.15) is 0 Å². The van der Waals surface area contributed by atoms with Gasteiger partial charge >= 0.3 is 0 Å². The van der Waals surface area contributed by atoms with Crippen LogP contribution < -0.4 is 0 Å². The minimum absolute atomic E-state index is 0.00142. The summed E-state index contributed by atoms with van der Waals surface area (Å²) in [6.07, 6.45) is 3.30. The molecule has 0 heterocycles. The maximum Gasteiger partial charge on any atom is 0.166 e. The number of allylic oxidation sites excluding steroid dienone is 2. The molecule has 0 aliphatic heterocycles. The first-order chi connectivity index (χ1) is 10.1. The second-order valence-electron chi connectivity index (χ2n) is 4.40. The maximum absolute atomic E-state index is 9.45. The highest BCUT2D eigenvalue weighted by Gasteiger charge is 2.28. The van der Waals surface area contributed by atoms with Crippen LogP contribution >= 0.6 is 0 Å². The number of benzene rings is 2. The van der Waals surface area contributed by atoms with E-state index in [1.807, 2.05) is 42.5 Å². The van der Waals surface area contributed by atoms with Crippen LogP contribution in [0.15, 0.2) is 100 Å². The molecule has 0 radical (unpaired) electrons. The van der Waals surface area contributed by atoms with Gasteiger partial charge in [-0.25, -0.2) is 0 Å². The molecule has 1 atom stereocenters. The summed E-state index contributed by atoms with van der Waals surface area (Å²) in [6, 6.07) is 17.1. The molecule has 0 spiro atoms. The molecule has 0 amide bonds. The molecule has 0 saturated carbocycles. The molecule has 0 aliphatic carbocycles. The van der Waals surface area contributed by atoms with E-state index in [4.69, 9.17) is 0 Å². The lowest BCUT2D eigenvalue weighted by atomic mass is 10.3. The quantitative estimate of drug-likeness (QED) is 0.482. The number of hydrogen-bond acceptors (Lipinski definition) is 2. The van der Waals surface area contributed by atoms with Gasteiger partial charge in [0.15, 0.2) is 14.7 Å². The van der Waals surface area contributed by atoms with Crippen molar-refractivity contribution in [2.24, 2.45) is 0 Å². The fourth-order valence-corrected chi connectivity index (χ4v) is 3.75. The smallest absolute Gasteiger partial charge is 0.166 e. The summed E-state index contributed by atoms with van der Waals surface area (Å²) in [6.45, 7) is 7.55. The van der Waals surface area contributed by atoms with Crippen molar-refractivity contribution >= 4 is 10.9 Å². The van der Waals surface area contributed by atoms with E-state index in [2.05, 4.69) is 13.2 Å². The van der Waals surface area contributed by atoms with Crippen LogP contribution in [0, 0.1) is 0 Å². The van der Waals surface area contributed by atoms with Crippen LogP contribution in [0.2, 0.25) is 0 Å². The average Bonchev–Trinajstić information content (AvgIpc) is 2.48. The Labute approximate surface area is 127 Å². The van der Waals surface area contributed by atoms with E-state index < -0.39 is 0 Å². The predicted octanol–water partition coefficient (Wildman–Crippen LogP) is 4.57. The molecule has 0 aromatic heterocycles. The number of phenols is 1. The molecule has 0 fully saturated rings. The Bertz CT molecular complexity index is 657. The molecule has 2 N–H and O–H groups in total. The number of rotatable bonds is 5. The van der Waals surface area contributed by atoms with Crippen LogP contribution in [-0.2, 0) is 10.9 Å². The van der Waals surface area contributed by atoms with Gasteiger partial charge in [0, 0.05) is 0 Å². The van der Waals surface area contributed by atoms with Gasteiger partial charge in [0.2, 0.25) is 0 Å². The molecule has 2 nitrogen and oxygen atoms in total. The Morgan fingerprint density at radius 1 is 0.857 bits per heavy atom. The van der Waals surface area contributed by atoms with E-state index in [-0.39, 0.29) is 22.4 Å². The van der Waals surface area contributed by atoms with E-state index in [9.17, 15) is 10.2 Å². The Balaban J connectivity index is 2.42. The summed E-state index contributed by atoms with van der Waals surface area (Å²) in [4.78, 5) is 3.04. The number of aromatic hydroxyl groups is 1. The van der Waals surface area contributed by atoms with Crippen LogP contribution in [0.3, 0.4) is 0 Å². The Morgan fingerprint density at radius 2 is 1.43 bits per heavy atom. The lowest BCUT2D eigenvalue weighted by molar-refractivity contribution is 0.435. The predicted molar refractivity (Wildman–Crippen MR) is 88.5 cm³/mol. The van der Waals surface area contributed by atoms with E-state index in [0.717, 1.165) is 14.7 Å². The lowest BCUT2D eigenvalue weighted by Gasteiger charge is -2.07. The first kappa shape index (κ1) is 15.0. The van der Waals surface area contributed by atoms with Gasteiger partial charge in [-0.3, -0.25) is 0 Å². The third-order valence-corrected chi connectivity index (χ3v) is 4.92. The lowest BCUT2D eigenvalue weighted by Crippen LogP contribution is -2.04. The summed E-state index contributed by atoms with van der Waals surface area (Å²) in [5.74, 6) is 0.235. The minimum atomic E-state index is -0.365. The molecule has 0 bridgehead atoms. The monoisotopic (exact) mass is 297 g/mol. The molecule has 0 aliphatic rings. The standard InChI is InChI=1S/C18H16O2S/c1-14(19)8-9-15(2)21(17-6-4-3-5-7-17)18-12-10-16(20)11-13-18/h3-13H,1-2H2,(H-,19,20)/p+1/b9-8-. The van der Waals surface area contributed by atoms with Crippen molar-refractivity contribution < 1.29 is 10.2 Å². The molecular formula is C18H17O2S+. The van der Waals surface area contributed by atoms with E-state index >= 15 is 0 Å². The third-order valence-electron chi connectivity index (χ3n) is 2.78. The zero-order chi connectivity index (χ0) is 15.2. The highest BCUT2D eigenvalue weighted by molar-refractivity contribution is 8.00. The summed E-state index contributed by atoms with van der Waals surface area (Å²) >= 11 is 0. The first-order valence-corrected chi connectivity index (χ1v) is 7.63. The highest BCUT2D eigenvalue weighted by atomic mass is 32.2. The second kappa shape index (κ2) is 6.86. The topological polar surface area (TPSA) is 40.5 Å². The molecular weight excluding hydrogens is 280 g/mol. The summed E-state index contributed by atoms with van der Waals surface area (Å²) < 4.78 is 0. The number of hydrogen-bond donors (Lipinski definition) is 2. The average molecular weight is 297 g/mol. The largest absolute Gasteiger partial charge is 0.509 e. The fraction of sp³-hybridized carbons (Fsp3) is 0. The molecule has 3 heteroatoms. The van der Waals surface area contributed by atoms with Crippen molar-refractivity contribution in [1.29, 1.82) is 0 Å². The van der Waals surface area contributed by atoms with E-state index in [1.165, 1.54) is 6.08 Å². The number of phenolic OH excluding ortho intramolecular Hbond substituents is 1. The Hall–Kier alpha value is -2.39. The van der Waals surface area contributed by atoms with Crippen molar-refractivity contribution in [3.05, 3.63) is 90.6 Å². The van der Waals surface area contributed by atoms with Gasteiger partial charge in [0.1, 0.15) is 11.5 Å². The van der Waals surface area contributed by atoms with Gasteiger partial charge in [0.05, 0.1) is 10.9 Å². The first-order valence-electron chi connectivity index (χ1n) is 6.41. The van der Waals surface area contributed by atoms with Crippen LogP contribution in [0.4, 0.5) is 0 Å². The molecule has 2 rings (SSSR count). The fourth-order valence-electron chi connectivity index (χ4n) is 1.83. The molecule has 21 heavy (non-hydrogen) atoms. The second-order valence-corrected chi connectivity index (χ2v) is 6.48. The van der Waals surface area contributed by atoms with Gasteiger partial charge < -0.3 is 10.2 Å². The van der Waals surface area contributed by atoms with Crippen LogP contribution in [0.5, 0.6) is 5.75 Å². The van der Waals surface area contributed by atoms with Gasteiger partial charge in [-0.15, -0.1) is 0 Å². The Kier molecular flexibility index (Phi) is 4.90. The van der Waals surface area contributed by atoms with Gasteiger partial charge in [0.25, 0.3) is 0 Å². The Morgan fingerprint density at radius 3 is 2.00 bits per heavy atom. The van der Waals surface area contributed by atoms with E-state index in [1.54, 1.807) is 18.2 Å². The van der Waals surface area contributed by atoms with Crippen molar-refractivity contribution in [3.63, 3.8) is 0 Å². The van der Waals surface area contributed by atoms with Crippen molar-refractivity contribution in [3.8, 4) is 5.75 Å². The van der Waals surface area contributed by atoms with Crippen LogP contribution in [-0.4, -0.2) is 10.2 Å². The number of aliphatic hydroxyl groups is 1. The third kappa shape index (κ3) is 4.04. The van der Waals surface area contributed by atoms with Crippen molar-refractivity contribution in [2.45, 2.75) is 9.79 Å². The van der Waals surface area contributed by atoms with E-state index in [0.29, 0.717) is 0 Å². The zero-order valence-electron chi connectivity index (χ0n) is 11.6. The maximum atomic E-state index is 9.45. The van der Waals surface area contributed by atoms with Gasteiger partial charge in [-0.05, 0) is 55.1 Å². The number of aliphatic hydroxyl groups excluding tert-OH is 1.